The molecule has 92 valence electrons. The molecule has 5 nitrogen and oxygen atoms in total. The summed E-state index contributed by atoms with van der Waals surface area (Å²) in [6.07, 6.45) is 0. The van der Waals surface area contributed by atoms with E-state index < -0.39 is 0 Å². The molecule has 2 rings (SSSR count). The maximum absolute atomic E-state index is 8.42. The summed E-state index contributed by atoms with van der Waals surface area (Å²) in [6, 6.07) is 4.97. The third-order valence-electron chi connectivity index (χ3n) is 2.28. The first-order chi connectivity index (χ1) is 8.52. The highest BCUT2D eigenvalue weighted by Crippen LogP contribution is 2.33. The molecular weight excluding hydrogens is 297 g/mol. The van der Waals surface area contributed by atoms with Crippen LogP contribution in [0.1, 0.15) is 5.69 Å². The Bertz CT molecular complexity index is 638. The maximum atomic E-state index is 8.42. The van der Waals surface area contributed by atoms with Gasteiger partial charge in [0.05, 0.1) is 0 Å². The topological polar surface area (TPSA) is 66.6 Å². The zero-order valence-electron chi connectivity index (χ0n) is 9.10. The van der Waals surface area contributed by atoms with E-state index in [1.165, 1.54) is 0 Å². The Balaban J connectivity index is 2.64. The molecule has 0 aliphatic heterocycles. The second kappa shape index (κ2) is 5.08. The predicted molar refractivity (Wildman–Crippen MR) is 72.0 cm³/mol. The van der Waals surface area contributed by atoms with E-state index in [0.717, 1.165) is 4.79 Å². The van der Waals surface area contributed by atoms with Crippen LogP contribution in [0.3, 0.4) is 0 Å². The Morgan fingerprint density at radius 3 is 2.39 bits per heavy atom. The van der Waals surface area contributed by atoms with Crippen molar-refractivity contribution in [2.75, 3.05) is 0 Å². The quantitative estimate of drug-likeness (QED) is 0.442. The molecule has 0 aliphatic rings. The van der Waals surface area contributed by atoms with Crippen molar-refractivity contribution in [1.82, 2.24) is 9.89 Å². The summed E-state index contributed by atoms with van der Waals surface area (Å²) < 4.78 is 0. The molecule has 0 spiro atoms. The van der Waals surface area contributed by atoms with Crippen molar-refractivity contribution in [1.29, 1.82) is 0 Å². The van der Waals surface area contributed by atoms with Crippen LogP contribution in [0.15, 0.2) is 23.4 Å². The molecule has 1 aromatic carbocycles. The van der Waals surface area contributed by atoms with Gasteiger partial charge in [0.2, 0.25) is 0 Å². The highest BCUT2D eigenvalue weighted by molar-refractivity contribution is 6.36. The lowest BCUT2D eigenvalue weighted by Crippen LogP contribution is -1.91. The second-order valence-corrected chi connectivity index (χ2v) is 4.73. The lowest BCUT2D eigenvalue weighted by molar-refractivity contribution is 0.707. The summed E-state index contributed by atoms with van der Waals surface area (Å²) in [5, 5.41) is 8.83. The number of hydrogen-bond donors (Lipinski definition) is 0. The van der Waals surface area contributed by atoms with Gasteiger partial charge in [0.25, 0.3) is 0 Å². The van der Waals surface area contributed by atoms with Crippen LogP contribution in [0.2, 0.25) is 15.1 Å². The fourth-order valence-corrected chi connectivity index (χ4v) is 2.22. The molecule has 0 unspecified atom stereocenters. The van der Waals surface area contributed by atoms with E-state index in [-0.39, 0.29) is 0 Å². The monoisotopic (exact) mass is 301 g/mol. The lowest BCUT2D eigenvalue weighted by atomic mass is 10.1. The van der Waals surface area contributed by atoms with Crippen LogP contribution >= 0.6 is 34.8 Å². The summed E-state index contributed by atoms with van der Waals surface area (Å²) in [5.41, 5.74) is 10.1. The molecule has 1 heterocycles. The van der Waals surface area contributed by atoms with Crippen LogP contribution in [-0.4, -0.2) is 9.89 Å². The Hall–Kier alpha value is -1.39. The van der Waals surface area contributed by atoms with Gasteiger partial charge >= 0.3 is 0 Å². The average Bonchev–Trinajstić information content (AvgIpc) is 2.57. The number of aromatic nitrogens is 2. The number of azide groups is 1. The maximum Gasteiger partial charge on any atom is 0.155 e. The smallest absolute Gasteiger partial charge is 0.155 e. The van der Waals surface area contributed by atoms with E-state index >= 15 is 0 Å². The minimum atomic E-state index is 0.390. The average molecular weight is 303 g/mol. The van der Waals surface area contributed by atoms with Gasteiger partial charge in [-0.25, -0.2) is 0 Å². The van der Waals surface area contributed by atoms with E-state index in [1.807, 2.05) is 0 Å². The zero-order valence-corrected chi connectivity index (χ0v) is 11.4. The number of halogens is 3. The first-order valence-electron chi connectivity index (χ1n) is 4.80. The van der Waals surface area contributed by atoms with Gasteiger partial charge in [-0.05, 0) is 18.2 Å². The molecule has 0 atom stereocenters. The Kier molecular flexibility index (Phi) is 3.68. The van der Waals surface area contributed by atoms with Crippen molar-refractivity contribution in [2.24, 2.45) is 5.22 Å². The second-order valence-electron chi connectivity index (χ2n) is 3.47. The minimum Gasteiger partial charge on any atom is -0.167 e. The Morgan fingerprint density at radius 1 is 1.22 bits per heavy atom. The van der Waals surface area contributed by atoms with Gasteiger partial charge in [-0.3, -0.25) is 0 Å². The zero-order chi connectivity index (χ0) is 13.3. The summed E-state index contributed by atoms with van der Waals surface area (Å²) in [6.45, 7) is 1.69. The minimum absolute atomic E-state index is 0.390. The van der Waals surface area contributed by atoms with Crippen LogP contribution in [0, 0.1) is 6.92 Å². The van der Waals surface area contributed by atoms with Gasteiger partial charge < -0.3 is 0 Å². The van der Waals surface area contributed by atoms with Crippen LogP contribution in [0.4, 0.5) is 0 Å². The van der Waals surface area contributed by atoms with Crippen LogP contribution in [0.5, 0.6) is 0 Å². The van der Waals surface area contributed by atoms with E-state index in [2.05, 4.69) is 15.2 Å². The molecule has 0 amide bonds. The summed E-state index contributed by atoms with van der Waals surface area (Å²) in [5.74, 6) is 0. The van der Waals surface area contributed by atoms with Gasteiger partial charge in [-0.1, -0.05) is 44.7 Å². The highest BCUT2D eigenvalue weighted by Gasteiger charge is 2.18. The molecule has 1 aromatic heterocycles. The van der Waals surface area contributed by atoms with Crippen molar-refractivity contribution in [3.05, 3.63) is 49.4 Å². The van der Waals surface area contributed by atoms with Gasteiger partial charge in [0.1, 0.15) is 10.7 Å². The van der Waals surface area contributed by atoms with Gasteiger partial charge in [-0.2, -0.15) is 4.91 Å². The SMILES string of the molecule is Cc1c(Cl)c(-c2cc(Cl)cc(Cl)c2)nn1N=[N+]=[N-]. The summed E-state index contributed by atoms with van der Waals surface area (Å²) in [7, 11) is 0. The van der Waals surface area contributed by atoms with E-state index in [9.17, 15) is 0 Å². The van der Waals surface area contributed by atoms with Crippen LogP contribution in [-0.2, 0) is 0 Å². The first kappa shape index (κ1) is 13.1. The van der Waals surface area contributed by atoms with Crippen molar-refractivity contribution < 1.29 is 0 Å². The fraction of sp³-hybridized carbons (Fsp3) is 0.100. The molecule has 0 N–H and O–H groups in total. The molecular formula is C10H6Cl3N5. The van der Waals surface area contributed by atoms with Crippen molar-refractivity contribution in [2.45, 2.75) is 6.92 Å². The predicted octanol–water partition coefficient (Wildman–Crippen LogP) is 4.89. The third-order valence-corrected chi connectivity index (χ3v) is 3.17. The molecule has 0 saturated heterocycles. The molecule has 0 saturated carbocycles. The normalized spacial score (nSPS) is 10.2. The molecule has 0 aliphatic carbocycles. The molecule has 0 bridgehead atoms. The number of rotatable bonds is 2. The van der Waals surface area contributed by atoms with Crippen LogP contribution in [0.25, 0.3) is 21.7 Å². The molecule has 0 fully saturated rings. The largest absolute Gasteiger partial charge is 0.167 e. The van der Waals surface area contributed by atoms with Crippen molar-refractivity contribution in [3.8, 4) is 11.3 Å². The van der Waals surface area contributed by atoms with Crippen molar-refractivity contribution >= 4 is 34.8 Å². The van der Waals surface area contributed by atoms with E-state index in [1.54, 1.807) is 25.1 Å². The third kappa shape index (κ3) is 2.40. The van der Waals surface area contributed by atoms with E-state index in [4.69, 9.17) is 40.3 Å². The molecule has 2 aromatic rings. The summed E-state index contributed by atoms with van der Waals surface area (Å²) >= 11 is 18.0. The van der Waals surface area contributed by atoms with Crippen LogP contribution < -0.4 is 0 Å². The standard InChI is InChI=1S/C10H6Cl3N5/c1-5-9(13)10(15-18(5)17-16-14)6-2-7(11)4-8(12)3-6/h2-4H,1H3. The Morgan fingerprint density at radius 2 is 1.83 bits per heavy atom. The molecule has 18 heavy (non-hydrogen) atoms. The summed E-state index contributed by atoms with van der Waals surface area (Å²) in [4.78, 5) is 3.78. The van der Waals surface area contributed by atoms with Gasteiger partial charge in [0.15, 0.2) is 5.69 Å². The number of hydrogen-bond acceptors (Lipinski definition) is 2. The number of benzene rings is 1. The van der Waals surface area contributed by atoms with Gasteiger partial charge in [0, 0.05) is 27.8 Å². The first-order valence-corrected chi connectivity index (χ1v) is 5.93. The van der Waals surface area contributed by atoms with E-state index in [0.29, 0.717) is 32.0 Å². The van der Waals surface area contributed by atoms with Crippen molar-refractivity contribution in [3.63, 3.8) is 0 Å². The molecule has 8 heteroatoms. The van der Waals surface area contributed by atoms with Gasteiger partial charge in [-0.15, -0.1) is 5.53 Å². The Labute approximate surface area is 117 Å². The molecule has 0 radical (unpaired) electrons. The highest BCUT2D eigenvalue weighted by atomic mass is 35.5. The lowest BCUT2D eigenvalue weighted by Gasteiger charge is -1.99. The number of nitrogens with zero attached hydrogens (tertiary/aromatic N) is 5. The fourth-order valence-electron chi connectivity index (χ4n) is 1.47.